The van der Waals surface area contributed by atoms with Crippen molar-refractivity contribution in [1.29, 1.82) is 0 Å². The van der Waals surface area contributed by atoms with Crippen molar-refractivity contribution < 1.29 is 9.59 Å². The van der Waals surface area contributed by atoms with Gasteiger partial charge in [-0.05, 0) is 50.3 Å². The minimum atomic E-state index is -0.471. The third kappa shape index (κ3) is 4.06. The molecule has 21 heavy (non-hydrogen) atoms. The second-order valence-corrected chi connectivity index (χ2v) is 5.63. The molecule has 2 rings (SSSR count). The van der Waals surface area contributed by atoms with Crippen LogP contribution in [-0.4, -0.2) is 35.8 Å². The van der Waals surface area contributed by atoms with E-state index in [1.165, 1.54) is 12.0 Å². The number of carbonyl (C=O) groups is 2. The highest BCUT2D eigenvalue weighted by Crippen LogP contribution is 2.10. The maximum Gasteiger partial charge on any atom is 0.251 e. The molecule has 1 aromatic carbocycles. The lowest BCUT2D eigenvalue weighted by atomic mass is 10.1. The van der Waals surface area contributed by atoms with Crippen molar-refractivity contribution in [3.63, 3.8) is 0 Å². The standard InChI is InChI=1S/C17H24N2O2/c1-3-14-7-9-15(10-8-14)16(20)18-13(2)17(21)19-11-5-4-6-12-19/h7-10,13H,3-6,11-12H2,1-2H3,(H,18,20)/t13-/m1/s1. The molecule has 4 heteroatoms. The van der Waals surface area contributed by atoms with Crippen molar-refractivity contribution in [2.45, 2.75) is 45.6 Å². The van der Waals surface area contributed by atoms with Crippen molar-refractivity contribution in [3.8, 4) is 0 Å². The van der Waals surface area contributed by atoms with Gasteiger partial charge in [0, 0.05) is 18.7 Å². The van der Waals surface area contributed by atoms with E-state index in [0.29, 0.717) is 5.56 Å². The van der Waals surface area contributed by atoms with Gasteiger partial charge in [0.15, 0.2) is 0 Å². The largest absolute Gasteiger partial charge is 0.341 e. The molecule has 0 aromatic heterocycles. The Bertz CT molecular complexity index is 490. The monoisotopic (exact) mass is 288 g/mol. The van der Waals surface area contributed by atoms with Gasteiger partial charge in [-0.15, -0.1) is 0 Å². The first kappa shape index (κ1) is 15.5. The minimum absolute atomic E-state index is 0.0215. The van der Waals surface area contributed by atoms with E-state index < -0.39 is 6.04 Å². The predicted molar refractivity (Wildman–Crippen MR) is 83.2 cm³/mol. The average molecular weight is 288 g/mol. The highest BCUT2D eigenvalue weighted by Gasteiger charge is 2.23. The summed E-state index contributed by atoms with van der Waals surface area (Å²) in [5.74, 6) is -0.163. The molecule has 0 bridgehead atoms. The molecule has 1 fully saturated rings. The fourth-order valence-electron chi connectivity index (χ4n) is 2.62. The molecule has 1 atom stereocenters. The molecule has 1 N–H and O–H groups in total. The molecular weight excluding hydrogens is 264 g/mol. The van der Waals surface area contributed by atoms with Crippen LogP contribution in [0, 0.1) is 0 Å². The van der Waals surface area contributed by atoms with Gasteiger partial charge in [-0.25, -0.2) is 0 Å². The first-order valence-corrected chi connectivity index (χ1v) is 7.80. The van der Waals surface area contributed by atoms with Gasteiger partial charge in [-0.3, -0.25) is 9.59 Å². The van der Waals surface area contributed by atoms with E-state index in [0.717, 1.165) is 32.4 Å². The van der Waals surface area contributed by atoms with E-state index in [9.17, 15) is 9.59 Å². The maximum absolute atomic E-state index is 12.3. The summed E-state index contributed by atoms with van der Waals surface area (Å²) in [5.41, 5.74) is 1.80. The number of nitrogens with one attached hydrogen (secondary N) is 1. The van der Waals surface area contributed by atoms with Gasteiger partial charge in [0.2, 0.25) is 5.91 Å². The molecule has 0 unspecified atom stereocenters. The summed E-state index contributed by atoms with van der Waals surface area (Å²) < 4.78 is 0. The van der Waals surface area contributed by atoms with E-state index in [-0.39, 0.29) is 11.8 Å². The Hall–Kier alpha value is -1.84. The zero-order valence-electron chi connectivity index (χ0n) is 12.9. The molecule has 1 aliphatic rings. The topological polar surface area (TPSA) is 49.4 Å². The molecule has 4 nitrogen and oxygen atoms in total. The number of hydrogen-bond acceptors (Lipinski definition) is 2. The zero-order chi connectivity index (χ0) is 15.2. The lowest BCUT2D eigenvalue weighted by molar-refractivity contribution is -0.133. The highest BCUT2D eigenvalue weighted by atomic mass is 16.2. The Morgan fingerprint density at radius 3 is 2.33 bits per heavy atom. The average Bonchev–Trinajstić information content (AvgIpc) is 2.55. The van der Waals surface area contributed by atoms with Crippen molar-refractivity contribution in [1.82, 2.24) is 10.2 Å². The number of likely N-dealkylation sites (tertiary alicyclic amines) is 1. The molecule has 0 radical (unpaired) electrons. The third-order valence-electron chi connectivity index (χ3n) is 4.01. The lowest BCUT2D eigenvalue weighted by Crippen LogP contribution is -2.48. The first-order valence-electron chi connectivity index (χ1n) is 7.80. The second-order valence-electron chi connectivity index (χ2n) is 5.63. The molecule has 0 saturated carbocycles. The molecule has 0 spiro atoms. The zero-order valence-corrected chi connectivity index (χ0v) is 12.9. The van der Waals surface area contributed by atoms with Crippen molar-refractivity contribution in [2.75, 3.05) is 13.1 Å². The molecule has 1 aromatic rings. The van der Waals surface area contributed by atoms with Gasteiger partial charge in [-0.1, -0.05) is 19.1 Å². The van der Waals surface area contributed by atoms with Crippen molar-refractivity contribution in [2.24, 2.45) is 0 Å². The normalized spacial score (nSPS) is 16.4. The first-order chi connectivity index (χ1) is 10.1. The molecule has 1 heterocycles. The molecule has 1 aliphatic heterocycles. The lowest BCUT2D eigenvalue weighted by Gasteiger charge is -2.29. The van der Waals surface area contributed by atoms with Crippen molar-refractivity contribution >= 4 is 11.8 Å². The summed E-state index contributed by atoms with van der Waals surface area (Å²) in [6, 6.07) is 7.05. The van der Waals surface area contributed by atoms with Crippen LogP contribution in [0.2, 0.25) is 0 Å². The van der Waals surface area contributed by atoms with Crippen LogP contribution in [0.3, 0.4) is 0 Å². The highest BCUT2D eigenvalue weighted by molar-refractivity contribution is 5.97. The van der Waals surface area contributed by atoms with Crippen LogP contribution in [0.4, 0.5) is 0 Å². The number of rotatable bonds is 4. The SMILES string of the molecule is CCc1ccc(C(=O)N[C@H](C)C(=O)N2CCCCC2)cc1. The van der Waals surface area contributed by atoms with Crippen LogP contribution in [-0.2, 0) is 11.2 Å². The van der Waals surface area contributed by atoms with E-state index >= 15 is 0 Å². The second kappa shape index (κ2) is 7.25. The van der Waals surface area contributed by atoms with Gasteiger partial charge in [0.05, 0.1) is 0 Å². The number of amides is 2. The summed E-state index contributed by atoms with van der Waals surface area (Å²) in [4.78, 5) is 26.3. The van der Waals surface area contributed by atoms with E-state index in [1.807, 2.05) is 29.2 Å². The fourth-order valence-corrected chi connectivity index (χ4v) is 2.62. The Labute approximate surface area is 126 Å². The fraction of sp³-hybridized carbons (Fsp3) is 0.529. The predicted octanol–water partition coefficient (Wildman–Crippen LogP) is 2.38. The quantitative estimate of drug-likeness (QED) is 0.924. The third-order valence-corrected chi connectivity index (χ3v) is 4.01. The number of nitrogens with zero attached hydrogens (tertiary/aromatic N) is 1. The maximum atomic E-state index is 12.3. The van der Waals surface area contributed by atoms with Gasteiger partial charge in [0.1, 0.15) is 6.04 Å². The minimum Gasteiger partial charge on any atom is -0.341 e. The van der Waals surface area contributed by atoms with E-state index in [2.05, 4.69) is 12.2 Å². The van der Waals surface area contributed by atoms with Crippen LogP contribution >= 0.6 is 0 Å². The Balaban J connectivity index is 1.92. The number of benzene rings is 1. The number of hydrogen-bond donors (Lipinski definition) is 1. The molecule has 114 valence electrons. The Kier molecular flexibility index (Phi) is 5.37. The number of aryl methyl sites for hydroxylation is 1. The van der Waals surface area contributed by atoms with E-state index in [1.54, 1.807) is 6.92 Å². The molecule has 0 aliphatic carbocycles. The van der Waals surface area contributed by atoms with Crippen molar-refractivity contribution in [3.05, 3.63) is 35.4 Å². The van der Waals surface area contributed by atoms with Crippen LogP contribution < -0.4 is 5.32 Å². The number of piperidine rings is 1. The van der Waals surface area contributed by atoms with Gasteiger partial charge < -0.3 is 10.2 Å². The Morgan fingerprint density at radius 2 is 1.76 bits per heavy atom. The Morgan fingerprint density at radius 1 is 1.14 bits per heavy atom. The molecule has 2 amide bonds. The van der Waals surface area contributed by atoms with Crippen LogP contribution in [0.25, 0.3) is 0 Å². The summed E-state index contributed by atoms with van der Waals surface area (Å²) in [5, 5.41) is 2.80. The van der Waals surface area contributed by atoms with Crippen LogP contribution in [0.15, 0.2) is 24.3 Å². The summed E-state index contributed by atoms with van der Waals surface area (Å²) >= 11 is 0. The van der Waals surface area contributed by atoms with Gasteiger partial charge in [-0.2, -0.15) is 0 Å². The smallest absolute Gasteiger partial charge is 0.251 e. The van der Waals surface area contributed by atoms with Crippen LogP contribution in [0.5, 0.6) is 0 Å². The van der Waals surface area contributed by atoms with Crippen LogP contribution in [0.1, 0.15) is 49.0 Å². The summed E-state index contributed by atoms with van der Waals surface area (Å²) in [6.45, 7) is 5.46. The van der Waals surface area contributed by atoms with E-state index in [4.69, 9.17) is 0 Å². The van der Waals surface area contributed by atoms with Gasteiger partial charge >= 0.3 is 0 Å². The molecule has 1 saturated heterocycles. The summed E-state index contributed by atoms with van der Waals surface area (Å²) in [6.07, 6.45) is 4.26. The number of carbonyl (C=O) groups excluding carboxylic acids is 2. The molecular formula is C17H24N2O2. The summed E-state index contributed by atoms with van der Waals surface area (Å²) in [7, 11) is 0. The van der Waals surface area contributed by atoms with Gasteiger partial charge in [0.25, 0.3) is 5.91 Å².